The lowest BCUT2D eigenvalue weighted by molar-refractivity contribution is 1.11. The highest BCUT2D eigenvalue weighted by Crippen LogP contribution is 2.37. The fourth-order valence-corrected chi connectivity index (χ4v) is 6.10. The molecule has 8 aromatic rings. The Balaban J connectivity index is 1.52. The molecular weight excluding hydrogens is 488 g/mol. The van der Waals surface area contributed by atoms with Gasteiger partial charge in [-0.3, -0.25) is 4.57 Å². The van der Waals surface area contributed by atoms with Crippen molar-refractivity contribution in [1.82, 2.24) is 14.1 Å². The minimum atomic E-state index is 0.646. The number of fused-ring (bicyclic) bond motifs is 6. The first kappa shape index (κ1) is 22.3. The molecule has 0 aliphatic heterocycles. The van der Waals surface area contributed by atoms with Crippen molar-refractivity contribution in [3.8, 4) is 28.6 Å². The lowest BCUT2D eigenvalue weighted by Crippen LogP contribution is -2.01. The number of hydrogen-bond donors (Lipinski definition) is 0. The molecule has 0 spiro atoms. The Hall–Kier alpha value is -5.66. The Labute approximate surface area is 230 Å². The van der Waals surface area contributed by atoms with Crippen LogP contribution in [0.2, 0.25) is 0 Å². The van der Waals surface area contributed by atoms with Crippen molar-refractivity contribution in [2.24, 2.45) is 0 Å². The summed E-state index contributed by atoms with van der Waals surface area (Å²) in [6, 6.07) is 46.4. The molecule has 3 heterocycles. The van der Waals surface area contributed by atoms with Gasteiger partial charge in [-0.25, -0.2) is 4.98 Å². The van der Waals surface area contributed by atoms with Crippen molar-refractivity contribution in [3.63, 3.8) is 0 Å². The summed E-state index contributed by atoms with van der Waals surface area (Å²) < 4.78 is 4.56. The SMILES string of the molecule is N#Cc1ccccc1-c1cc(-n2c3ccccc3c3ccccc32)cc(-n2c3ccccc3c3cccnc32)c1. The summed E-state index contributed by atoms with van der Waals surface area (Å²) in [4.78, 5) is 4.83. The standard InChI is InChI=1S/C36H22N4/c37-23-24-10-1-2-11-28(24)25-20-26(39-33-16-6-3-12-29(33)30-13-4-7-17-34(30)39)22-27(21-25)40-35-18-8-5-14-31(35)32-15-9-19-38-36(32)40/h1-22H. The summed E-state index contributed by atoms with van der Waals surface area (Å²) in [6.07, 6.45) is 1.85. The maximum absolute atomic E-state index is 9.98. The lowest BCUT2D eigenvalue weighted by atomic mass is 9.99. The first-order chi connectivity index (χ1) is 19.8. The first-order valence-electron chi connectivity index (χ1n) is 13.3. The second-order valence-electron chi connectivity index (χ2n) is 9.99. The van der Waals surface area contributed by atoms with Crippen LogP contribution < -0.4 is 0 Å². The smallest absolute Gasteiger partial charge is 0.145 e. The molecule has 4 nitrogen and oxygen atoms in total. The number of benzene rings is 5. The summed E-state index contributed by atoms with van der Waals surface area (Å²) >= 11 is 0. The van der Waals surface area contributed by atoms with Gasteiger partial charge in [0.2, 0.25) is 0 Å². The van der Waals surface area contributed by atoms with Crippen LogP contribution in [0.3, 0.4) is 0 Å². The maximum Gasteiger partial charge on any atom is 0.145 e. The second kappa shape index (κ2) is 8.69. The van der Waals surface area contributed by atoms with Gasteiger partial charge in [0, 0.05) is 33.4 Å². The van der Waals surface area contributed by atoms with Gasteiger partial charge >= 0.3 is 0 Å². The summed E-state index contributed by atoms with van der Waals surface area (Å²) in [5, 5.41) is 14.7. The molecule has 0 aliphatic carbocycles. The monoisotopic (exact) mass is 510 g/mol. The van der Waals surface area contributed by atoms with Crippen LogP contribution in [0.15, 0.2) is 134 Å². The van der Waals surface area contributed by atoms with E-state index in [1.807, 2.05) is 36.5 Å². The van der Waals surface area contributed by atoms with Crippen molar-refractivity contribution < 1.29 is 0 Å². The second-order valence-corrected chi connectivity index (χ2v) is 9.99. The maximum atomic E-state index is 9.98. The Morgan fingerprint density at radius 2 is 1.05 bits per heavy atom. The predicted octanol–water partition coefficient (Wildman–Crippen LogP) is 8.81. The number of nitriles is 1. The third-order valence-corrected chi connectivity index (χ3v) is 7.79. The molecule has 0 atom stereocenters. The van der Waals surface area contributed by atoms with E-state index in [1.54, 1.807) is 0 Å². The number of para-hydroxylation sites is 3. The van der Waals surface area contributed by atoms with Crippen LogP contribution in [0.5, 0.6) is 0 Å². The van der Waals surface area contributed by atoms with E-state index in [4.69, 9.17) is 4.98 Å². The molecule has 0 aliphatic rings. The normalized spacial score (nSPS) is 11.5. The molecular formula is C36H22N4. The van der Waals surface area contributed by atoms with Gasteiger partial charge in [-0.05, 0) is 65.7 Å². The fraction of sp³-hybridized carbons (Fsp3) is 0. The van der Waals surface area contributed by atoms with Crippen molar-refractivity contribution in [3.05, 3.63) is 139 Å². The Kier molecular flexibility index (Phi) is 4.85. The molecule has 0 saturated carbocycles. The van der Waals surface area contributed by atoms with E-state index in [0.29, 0.717) is 5.56 Å². The zero-order valence-electron chi connectivity index (χ0n) is 21.5. The molecule has 40 heavy (non-hydrogen) atoms. The molecule has 0 N–H and O–H groups in total. The fourth-order valence-electron chi connectivity index (χ4n) is 6.10. The Morgan fingerprint density at radius 1 is 0.525 bits per heavy atom. The highest BCUT2D eigenvalue weighted by molar-refractivity contribution is 6.10. The third kappa shape index (κ3) is 3.22. The Bertz CT molecular complexity index is 2060. The van der Waals surface area contributed by atoms with Gasteiger partial charge in [0.1, 0.15) is 5.65 Å². The molecule has 0 bridgehead atoms. The van der Waals surface area contributed by atoms with Crippen LogP contribution >= 0.6 is 0 Å². The molecule has 8 rings (SSSR count). The summed E-state index contributed by atoms with van der Waals surface area (Å²) in [5.41, 5.74) is 8.83. The molecule has 4 heteroatoms. The van der Waals surface area contributed by atoms with Crippen LogP contribution in [0.1, 0.15) is 5.56 Å². The average Bonchev–Trinajstić information content (AvgIpc) is 3.54. The van der Waals surface area contributed by atoms with Gasteiger partial charge < -0.3 is 4.57 Å². The average molecular weight is 511 g/mol. The molecule has 0 radical (unpaired) electrons. The summed E-state index contributed by atoms with van der Waals surface area (Å²) in [7, 11) is 0. The third-order valence-electron chi connectivity index (χ3n) is 7.79. The number of hydrogen-bond acceptors (Lipinski definition) is 2. The van der Waals surface area contributed by atoms with Gasteiger partial charge in [-0.1, -0.05) is 72.8 Å². The summed E-state index contributed by atoms with van der Waals surface area (Å²) in [6.45, 7) is 0. The van der Waals surface area contributed by atoms with E-state index >= 15 is 0 Å². The summed E-state index contributed by atoms with van der Waals surface area (Å²) in [5.74, 6) is 0. The Morgan fingerprint density at radius 3 is 1.73 bits per heavy atom. The first-order valence-corrected chi connectivity index (χ1v) is 13.3. The van der Waals surface area contributed by atoms with E-state index in [0.717, 1.165) is 55.5 Å². The van der Waals surface area contributed by atoms with E-state index in [9.17, 15) is 5.26 Å². The molecule has 0 unspecified atom stereocenters. The van der Waals surface area contributed by atoms with Crippen molar-refractivity contribution in [2.45, 2.75) is 0 Å². The van der Waals surface area contributed by atoms with E-state index in [-0.39, 0.29) is 0 Å². The highest BCUT2D eigenvalue weighted by Gasteiger charge is 2.18. The van der Waals surface area contributed by atoms with Crippen LogP contribution in [0.4, 0.5) is 0 Å². The lowest BCUT2D eigenvalue weighted by Gasteiger charge is -2.16. The zero-order chi connectivity index (χ0) is 26.6. The minimum absolute atomic E-state index is 0.646. The molecule has 0 fully saturated rings. The number of nitrogens with zero attached hydrogens (tertiary/aromatic N) is 4. The van der Waals surface area contributed by atoms with Crippen LogP contribution in [-0.2, 0) is 0 Å². The van der Waals surface area contributed by atoms with Crippen molar-refractivity contribution in [1.29, 1.82) is 5.26 Å². The number of rotatable bonds is 3. The molecule has 5 aromatic carbocycles. The molecule has 0 amide bonds. The molecule has 0 saturated heterocycles. The van der Waals surface area contributed by atoms with Gasteiger partial charge in [0.15, 0.2) is 0 Å². The van der Waals surface area contributed by atoms with Crippen molar-refractivity contribution >= 4 is 43.7 Å². The van der Waals surface area contributed by atoms with Gasteiger partial charge in [0.05, 0.1) is 33.9 Å². The minimum Gasteiger partial charge on any atom is -0.309 e. The quantitative estimate of drug-likeness (QED) is 0.238. The van der Waals surface area contributed by atoms with Crippen LogP contribution in [0, 0.1) is 11.3 Å². The molecule has 3 aromatic heterocycles. The van der Waals surface area contributed by atoms with Crippen molar-refractivity contribution in [2.75, 3.05) is 0 Å². The van der Waals surface area contributed by atoms with Gasteiger partial charge in [-0.2, -0.15) is 5.26 Å². The highest BCUT2D eigenvalue weighted by atomic mass is 15.1. The number of aromatic nitrogens is 3. The number of pyridine rings is 1. The van der Waals surface area contributed by atoms with Crippen LogP contribution in [0.25, 0.3) is 66.2 Å². The zero-order valence-corrected chi connectivity index (χ0v) is 21.5. The molecule has 186 valence electrons. The predicted molar refractivity (Wildman–Crippen MR) is 163 cm³/mol. The van der Waals surface area contributed by atoms with E-state index in [1.165, 1.54) is 10.8 Å². The van der Waals surface area contributed by atoms with Gasteiger partial charge in [0.25, 0.3) is 0 Å². The topological polar surface area (TPSA) is 46.5 Å². The van der Waals surface area contributed by atoms with E-state index in [2.05, 4.69) is 112 Å². The van der Waals surface area contributed by atoms with Gasteiger partial charge in [-0.15, -0.1) is 0 Å². The van der Waals surface area contributed by atoms with E-state index < -0.39 is 0 Å². The van der Waals surface area contributed by atoms with Crippen LogP contribution in [-0.4, -0.2) is 14.1 Å². The largest absolute Gasteiger partial charge is 0.309 e.